The fourth-order valence-electron chi connectivity index (χ4n) is 1.20. The number of rotatable bonds is 5. The van der Waals surface area contributed by atoms with Gasteiger partial charge in [0.05, 0.1) is 6.61 Å². The summed E-state index contributed by atoms with van der Waals surface area (Å²) in [5, 5.41) is 10.8. The number of aliphatic hydroxyl groups excluding tert-OH is 1. The molecule has 2 nitrogen and oxygen atoms in total. The number of hydrogen-bond acceptors (Lipinski definition) is 2. The van der Waals surface area contributed by atoms with E-state index in [-0.39, 0.29) is 6.61 Å². The van der Waals surface area contributed by atoms with Crippen LogP contribution in [0, 0.1) is 0 Å². The molecular formula is C11H14Cl2O2. The van der Waals surface area contributed by atoms with E-state index < -0.39 is 6.10 Å². The van der Waals surface area contributed by atoms with Crippen LogP contribution in [-0.4, -0.2) is 18.3 Å². The van der Waals surface area contributed by atoms with Crippen molar-refractivity contribution in [2.24, 2.45) is 0 Å². The predicted octanol–water partition coefficient (Wildman–Crippen LogP) is 3.45. The van der Waals surface area contributed by atoms with Gasteiger partial charge in [0, 0.05) is 22.2 Å². The molecule has 0 fully saturated rings. The van der Waals surface area contributed by atoms with Crippen molar-refractivity contribution in [3.63, 3.8) is 0 Å². The van der Waals surface area contributed by atoms with Crippen molar-refractivity contribution in [3.05, 3.63) is 33.8 Å². The van der Waals surface area contributed by atoms with Crippen LogP contribution in [0.2, 0.25) is 10.0 Å². The molecule has 1 unspecified atom stereocenters. The average molecular weight is 249 g/mol. The lowest BCUT2D eigenvalue weighted by Crippen LogP contribution is -2.08. The summed E-state index contributed by atoms with van der Waals surface area (Å²) in [7, 11) is 0. The molecule has 0 saturated heterocycles. The zero-order valence-corrected chi connectivity index (χ0v) is 10.1. The van der Waals surface area contributed by atoms with E-state index in [0.717, 1.165) is 6.42 Å². The zero-order chi connectivity index (χ0) is 11.3. The van der Waals surface area contributed by atoms with E-state index in [4.69, 9.17) is 27.9 Å². The fourth-order valence-corrected chi connectivity index (χ4v) is 1.74. The number of hydrogen-bond donors (Lipinski definition) is 1. The van der Waals surface area contributed by atoms with E-state index in [0.29, 0.717) is 22.2 Å². The van der Waals surface area contributed by atoms with Crippen molar-refractivity contribution in [1.82, 2.24) is 0 Å². The third-order valence-electron chi connectivity index (χ3n) is 1.95. The number of aliphatic hydroxyl groups is 1. The summed E-state index contributed by atoms with van der Waals surface area (Å²) in [4.78, 5) is 0. The molecule has 0 heterocycles. The molecule has 0 saturated carbocycles. The smallest absolute Gasteiger partial charge is 0.104 e. The molecule has 1 atom stereocenters. The van der Waals surface area contributed by atoms with E-state index >= 15 is 0 Å². The first-order valence-corrected chi connectivity index (χ1v) is 5.61. The Balaban J connectivity index is 2.61. The summed E-state index contributed by atoms with van der Waals surface area (Å²) in [6.45, 7) is 2.92. The van der Waals surface area contributed by atoms with Crippen LogP contribution in [0.3, 0.4) is 0 Å². The molecule has 15 heavy (non-hydrogen) atoms. The molecule has 1 aromatic carbocycles. The molecule has 0 radical (unpaired) electrons. The van der Waals surface area contributed by atoms with Crippen molar-refractivity contribution in [3.8, 4) is 0 Å². The monoisotopic (exact) mass is 248 g/mol. The van der Waals surface area contributed by atoms with Crippen LogP contribution in [0.5, 0.6) is 0 Å². The molecule has 0 amide bonds. The van der Waals surface area contributed by atoms with Crippen molar-refractivity contribution < 1.29 is 9.84 Å². The first kappa shape index (κ1) is 12.8. The molecule has 0 aliphatic carbocycles. The summed E-state index contributed by atoms with van der Waals surface area (Å²) >= 11 is 11.7. The molecule has 1 aromatic rings. The Bertz CT molecular complexity index is 315. The summed E-state index contributed by atoms with van der Waals surface area (Å²) < 4.78 is 5.24. The van der Waals surface area contributed by atoms with Gasteiger partial charge in [-0.05, 0) is 18.6 Å². The van der Waals surface area contributed by atoms with Crippen molar-refractivity contribution in [2.45, 2.75) is 19.4 Å². The van der Waals surface area contributed by atoms with Crippen molar-refractivity contribution in [1.29, 1.82) is 0 Å². The van der Waals surface area contributed by atoms with Gasteiger partial charge < -0.3 is 9.84 Å². The van der Waals surface area contributed by atoms with Gasteiger partial charge in [0.15, 0.2) is 0 Å². The third kappa shape index (κ3) is 3.99. The molecule has 0 aromatic heterocycles. The largest absolute Gasteiger partial charge is 0.386 e. The lowest BCUT2D eigenvalue weighted by Gasteiger charge is -2.12. The fraction of sp³-hybridized carbons (Fsp3) is 0.455. The van der Waals surface area contributed by atoms with E-state index in [9.17, 15) is 5.11 Å². The Morgan fingerprint density at radius 3 is 2.73 bits per heavy atom. The Morgan fingerprint density at radius 2 is 2.13 bits per heavy atom. The van der Waals surface area contributed by atoms with Gasteiger partial charge in [-0.2, -0.15) is 0 Å². The van der Waals surface area contributed by atoms with Crippen LogP contribution in [0.25, 0.3) is 0 Å². The van der Waals surface area contributed by atoms with Crippen LogP contribution in [-0.2, 0) is 4.74 Å². The van der Waals surface area contributed by atoms with Crippen LogP contribution in [0.15, 0.2) is 18.2 Å². The summed E-state index contributed by atoms with van der Waals surface area (Å²) in [5.74, 6) is 0. The Labute approximate surface area is 99.8 Å². The van der Waals surface area contributed by atoms with Crippen LogP contribution in [0.1, 0.15) is 25.0 Å². The maximum absolute atomic E-state index is 9.77. The van der Waals surface area contributed by atoms with E-state index in [1.54, 1.807) is 18.2 Å². The molecule has 4 heteroatoms. The van der Waals surface area contributed by atoms with E-state index in [1.165, 1.54) is 0 Å². The molecule has 1 N–H and O–H groups in total. The highest BCUT2D eigenvalue weighted by atomic mass is 35.5. The highest BCUT2D eigenvalue weighted by Crippen LogP contribution is 2.26. The molecular weight excluding hydrogens is 235 g/mol. The maximum Gasteiger partial charge on any atom is 0.104 e. The minimum atomic E-state index is -0.693. The zero-order valence-electron chi connectivity index (χ0n) is 8.54. The highest BCUT2D eigenvalue weighted by Gasteiger charge is 2.11. The van der Waals surface area contributed by atoms with E-state index in [1.807, 2.05) is 6.92 Å². The SMILES string of the molecule is CCCOCC(O)c1ccc(Cl)cc1Cl. The molecule has 0 spiro atoms. The van der Waals surface area contributed by atoms with Gasteiger partial charge in [0.2, 0.25) is 0 Å². The second-order valence-electron chi connectivity index (χ2n) is 3.26. The second kappa shape index (κ2) is 6.33. The summed E-state index contributed by atoms with van der Waals surface area (Å²) in [6.07, 6.45) is 0.238. The van der Waals surface area contributed by atoms with Crippen molar-refractivity contribution in [2.75, 3.05) is 13.2 Å². The average Bonchev–Trinajstić information content (AvgIpc) is 2.17. The maximum atomic E-state index is 9.77. The Hall–Kier alpha value is -0.280. The van der Waals surface area contributed by atoms with Gasteiger partial charge >= 0.3 is 0 Å². The minimum absolute atomic E-state index is 0.259. The molecule has 0 bridgehead atoms. The molecule has 0 aliphatic heterocycles. The summed E-state index contributed by atoms with van der Waals surface area (Å²) in [6, 6.07) is 5.03. The van der Waals surface area contributed by atoms with Gasteiger partial charge in [-0.1, -0.05) is 36.2 Å². The third-order valence-corrected chi connectivity index (χ3v) is 2.51. The minimum Gasteiger partial charge on any atom is -0.386 e. The predicted molar refractivity (Wildman–Crippen MR) is 62.5 cm³/mol. The van der Waals surface area contributed by atoms with Gasteiger partial charge in [-0.3, -0.25) is 0 Å². The van der Waals surface area contributed by atoms with Gasteiger partial charge in [-0.25, -0.2) is 0 Å². The Kier molecular flexibility index (Phi) is 5.40. The second-order valence-corrected chi connectivity index (χ2v) is 4.10. The topological polar surface area (TPSA) is 29.5 Å². The quantitative estimate of drug-likeness (QED) is 0.810. The lowest BCUT2D eigenvalue weighted by atomic mass is 10.1. The molecule has 0 aliphatic rings. The standard InChI is InChI=1S/C11H14Cl2O2/c1-2-5-15-7-11(14)9-4-3-8(12)6-10(9)13/h3-4,6,11,14H,2,5,7H2,1H3. The first-order chi connectivity index (χ1) is 7.15. The normalized spacial score (nSPS) is 12.8. The van der Waals surface area contributed by atoms with Gasteiger partial charge in [-0.15, -0.1) is 0 Å². The van der Waals surface area contributed by atoms with Gasteiger partial charge in [0.1, 0.15) is 6.10 Å². The highest BCUT2D eigenvalue weighted by molar-refractivity contribution is 6.35. The van der Waals surface area contributed by atoms with Crippen LogP contribution < -0.4 is 0 Å². The molecule has 1 rings (SSSR count). The summed E-state index contributed by atoms with van der Waals surface area (Å²) in [5.41, 5.74) is 0.650. The molecule has 84 valence electrons. The first-order valence-electron chi connectivity index (χ1n) is 4.86. The van der Waals surface area contributed by atoms with Crippen LogP contribution in [0.4, 0.5) is 0 Å². The van der Waals surface area contributed by atoms with Crippen molar-refractivity contribution >= 4 is 23.2 Å². The number of ether oxygens (including phenoxy) is 1. The van der Waals surface area contributed by atoms with Gasteiger partial charge in [0.25, 0.3) is 0 Å². The lowest BCUT2D eigenvalue weighted by molar-refractivity contribution is 0.0364. The van der Waals surface area contributed by atoms with E-state index in [2.05, 4.69) is 0 Å². The van der Waals surface area contributed by atoms with Crippen LogP contribution >= 0.6 is 23.2 Å². The number of halogens is 2. The number of benzene rings is 1. The Morgan fingerprint density at radius 1 is 1.40 bits per heavy atom.